The minimum absolute atomic E-state index is 0.144. The first-order chi connectivity index (χ1) is 9.11. The molecule has 0 bridgehead atoms. The Bertz CT molecular complexity index is 476. The van der Waals surface area contributed by atoms with Gasteiger partial charge in [-0.3, -0.25) is 9.69 Å². The van der Waals surface area contributed by atoms with E-state index in [0.717, 1.165) is 0 Å². The van der Waals surface area contributed by atoms with Crippen molar-refractivity contribution in [2.75, 3.05) is 6.54 Å². The summed E-state index contributed by atoms with van der Waals surface area (Å²) in [6.45, 7) is 4.87. The maximum absolute atomic E-state index is 12.3. The molecule has 1 heterocycles. The molecule has 0 unspecified atom stereocenters. The third-order valence-electron chi connectivity index (χ3n) is 4.04. The van der Waals surface area contributed by atoms with Crippen LogP contribution in [-0.2, 0) is 0 Å². The number of likely N-dealkylation sites (tertiary alicyclic amines) is 1. The van der Waals surface area contributed by atoms with E-state index in [1.165, 1.54) is 19.3 Å². The molecular formula is C16H20N2O. The van der Waals surface area contributed by atoms with E-state index in [-0.39, 0.29) is 5.78 Å². The van der Waals surface area contributed by atoms with Crippen LogP contribution < -0.4 is 0 Å². The predicted molar refractivity (Wildman–Crippen MR) is 75.0 cm³/mol. The van der Waals surface area contributed by atoms with Crippen molar-refractivity contribution in [1.29, 1.82) is 5.26 Å². The number of Topliss-reactive ketones (excluding diaryl/α,β-unsaturated/α-hetero) is 1. The summed E-state index contributed by atoms with van der Waals surface area (Å²) >= 11 is 0. The van der Waals surface area contributed by atoms with E-state index in [2.05, 4.69) is 24.8 Å². The van der Waals surface area contributed by atoms with Crippen molar-refractivity contribution < 1.29 is 4.79 Å². The van der Waals surface area contributed by atoms with Crippen LogP contribution in [0.25, 0.3) is 0 Å². The molecule has 3 nitrogen and oxygen atoms in total. The Hall–Kier alpha value is -1.66. The molecule has 0 radical (unpaired) electrons. The molecule has 2 rings (SSSR count). The SMILES string of the molecule is C[C@@H]1CCC[C@H](C)N1CC(=O)c1ccc(C#N)cc1. The minimum atomic E-state index is 0.144. The van der Waals surface area contributed by atoms with Gasteiger partial charge in [0.05, 0.1) is 18.2 Å². The Morgan fingerprint density at radius 3 is 2.37 bits per heavy atom. The van der Waals surface area contributed by atoms with E-state index in [0.29, 0.717) is 29.8 Å². The number of nitrogens with zero attached hydrogens (tertiary/aromatic N) is 2. The molecule has 19 heavy (non-hydrogen) atoms. The lowest BCUT2D eigenvalue weighted by atomic mass is 9.96. The summed E-state index contributed by atoms with van der Waals surface area (Å²) in [5, 5.41) is 8.75. The lowest BCUT2D eigenvalue weighted by Crippen LogP contribution is -2.46. The Morgan fingerprint density at radius 2 is 1.84 bits per heavy atom. The molecule has 3 heteroatoms. The molecular weight excluding hydrogens is 236 g/mol. The van der Waals surface area contributed by atoms with Crippen LogP contribution in [0.3, 0.4) is 0 Å². The van der Waals surface area contributed by atoms with Gasteiger partial charge in [0.15, 0.2) is 5.78 Å². The second kappa shape index (κ2) is 5.99. The summed E-state index contributed by atoms with van der Waals surface area (Å²) in [7, 11) is 0. The Kier molecular flexibility index (Phi) is 4.34. The zero-order chi connectivity index (χ0) is 13.8. The number of hydrogen-bond donors (Lipinski definition) is 0. The third-order valence-corrected chi connectivity index (χ3v) is 4.04. The summed E-state index contributed by atoms with van der Waals surface area (Å²) in [6.07, 6.45) is 3.60. The van der Waals surface area contributed by atoms with Crippen LogP contribution >= 0.6 is 0 Å². The predicted octanol–water partition coefficient (Wildman–Crippen LogP) is 3.00. The Morgan fingerprint density at radius 1 is 1.26 bits per heavy atom. The van der Waals surface area contributed by atoms with Gasteiger partial charge in [-0.1, -0.05) is 18.6 Å². The van der Waals surface area contributed by atoms with Gasteiger partial charge < -0.3 is 0 Å². The van der Waals surface area contributed by atoms with Crippen LogP contribution in [-0.4, -0.2) is 29.3 Å². The lowest BCUT2D eigenvalue weighted by Gasteiger charge is -2.38. The normalized spacial score (nSPS) is 23.8. The first-order valence-corrected chi connectivity index (χ1v) is 6.91. The van der Waals surface area contributed by atoms with Gasteiger partial charge in [0.25, 0.3) is 0 Å². The van der Waals surface area contributed by atoms with Crippen molar-refractivity contribution in [2.24, 2.45) is 0 Å². The molecule has 0 aliphatic carbocycles. The average Bonchev–Trinajstić information content (AvgIpc) is 2.43. The number of benzene rings is 1. The first kappa shape index (κ1) is 13.8. The van der Waals surface area contributed by atoms with Crippen molar-refractivity contribution in [3.63, 3.8) is 0 Å². The standard InChI is InChI=1S/C16H20N2O/c1-12-4-3-5-13(2)18(12)11-16(19)15-8-6-14(10-17)7-9-15/h6-9,12-13H,3-5,11H2,1-2H3/t12-,13+. The number of carbonyl (C=O) groups excluding carboxylic acids is 1. The summed E-state index contributed by atoms with van der Waals surface area (Å²) in [5.74, 6) is 0.144. The molecule has 100 valence electrons. The monoisotopic (exact) mass is 256 g/mol. The third kappa shape index (κ3) is 3.21. The molecule has 1 saturated heterocycles. The van der Waals surface area contributed by atoms with Gasteiger partial charge in [-0.25, -0.2) is 0 Å². The van der Waals surface area contributed by atoms with Gasteiger partial charge in [0.2, 0.25) is 0 Å². The van der Waals surface area contributed by atoms with E-state index < -0.39 is 0 Å². The van der Waals surface area contributed by atoms with E-state index in [1.54, 1.807) is 24.3 Å². The summed E-state index contributed by atoms with van der Waals surface area (Å²) < 4.78 is 0. The van der Waals surface area contributed by atoms with Crippen molar-refractivity contribution in [3.05, 3.63) is 35.4 Å². The van der Waals surface area contributed by atoms with Gasteiger partial charge >= 0.3 is 0 Å². The number of rotatable bonds is 3. The number of hydrogen-bond acceptors (Lipinski definition) is 3. The smallest absolute Gasteiger partial charge is 0.176 e. The van der Waals surface area contributed by atoms with Crippen molar-refractivity contribution in [1.82, 2.24) is 4.90 Å². The fourth-order valence-corrected chi connectivity index (χ4v) is 2.77. The van der Waals surface area contributed by atoms with Crippen LogP contribution in [0.4, 0.5) is 0 Å². The van der Waals surface area contributed by atoms with Crippen LogP contribution in [0.5, 0.6) is 0 Å². The zero-order valence-corrected chi connectivity index (χ0v) is 11.6. The number of nitriles is 1. The van der Waals surface area contributed by atoms with Gasteiger partial charge in [-0.15, -0.1) is 0 Å². The van der Waals surface area contributed by atoms with E-state index in [1.807, 2.05) is 0 Å². The highest BCUT2D eigenvalue weighted by atomic mass is 16.1. The summed E-state index contributed by atoms with van der Waals surface area (Å²) in [6, 6.07) is 9.93. The fourth-order valence-electron chi connectivity index (χ4n) is 2.77. The maximum atomic E-state index is 12.3. The van der Waals surface area contributed by atoms with Crippen molar-refractivity contribution in [2.45, 2.75) is 45.2 Å². The van der Waals surface area contributed by atoms with Crippen molar-refractivity contribution in [3.8, 4) is 6.07 Å². The highest BCUT2D eigenvalue weighted by Crippen LogP contribution is 2.22. The molecule has 0 amide bonds. The molecule has 2 atom stereocenters. The molecule has 0 aromatic heterocycles. The van der Waals surface area contributed by atoms with E-state index in [9.17, 15) is 4.79 Å². The number of carbonyl (C=O) groups is 1. The molecule has 0 N–H and O–H groups in total. The molecule has 1 aliphatic heterocycles. The van der Waals surface area contributed by atoms with Gasteiger partial charge in [0, 0.05) is 17.6 Å². The van der Waals surface area contributed by atoms with E-state index in [4.69, 9.17) is 5.26 Å². The van der Waals surface area contributed by atoms with Crippen LogP contribution in [0.2, 0.25) is 0 Å². The first-order valence-electron chi connectivity index (χ1n) is 6.91. The van der Waals surface area contributed by atoms with Crippen LogP contribution in [0.15, 0.2) is 24.3 Å². The molecule has 0 saturated carbocycles. The lowest BCUT2D eigenvalue weighted by molar-refractivity contribution is 0.0734. The van der Waals surface area contributed by atoms with Gasteiger partial charge in [-0.2, -0.15) is 5.26 Å². The fraction of sp³-hybridized carbons (Fsp3) is 0.500. The highest BCUT2D eigenvalue weighted by Gasteiger charge is 2.26. The Balaban J connectivity index is 2.05. The summed E-state index contributed by atoms with van der Waals surface area (Å²) in [5.41, 5.74) is 1.29. The second-order valence-corrected chi connectivity index (χ2v) is 5.41. The topological polar surface area (TPSA) is 44.1 Å². The quantitative estimate of drug-likeness (QED) is 0.781. The van der Waals surface area contributed by atoms with Gasteiger partial charge in [0.1, 0.15) is 0 Å². The van der Waals surface area contributed by atoms with E-state index >= 15 is 0 Å². The number of piperidine rings is 1. The van der Waals surface area contributed by atoms with Crippen LogP contribution in [0.1, 0.15) is 49.0 Å². The highest BCUT2D eigenvalue weighted by molar-refractivity contribution is 5.97. The zero-order valence-electron chi connectivity index (χ0n) is 11.6. The number of ketones is 1. The average molecular weight is 256 g/mol. The maximum Gasteiger partial charge on any atom is 0.176 e. The molecule has 1 aromatic carbocycles. The Labute approximate surface area is 114 Å². The largest absolute Gasteiger partial charge is 0.293 e. The molecule has 1 aliphatic rings. The van der Waals surface area contributed by atoms with Crippen LogP contribution in [0, 0.1) is 11.3 Å². The van der Waals surface area contributed by atoms with Crippen molar-refractivity contribution >= 4 is 5.78 Å². The molecule has 1 aromatic rings. The molecule has 0 spiro atoms. The molecule has 1 fully saturated rings. The summed E-state index contributed by atoms with van der Waals surface area (Å²) in [4.78, 5) is 14.6. The second-order valence-electron chi connectivity index (χ2n) is 5.41. The minimum Gasteiger partial charge on any atom is -0.293 e. The van der Waals surface area contributed by atoms with Gasteiger partial charge in [-0.05, 0) is 38.8 Å².